The lowest BCUT2D eigenvalue weighted by Crippen LogP contribution is -2.47. The quantitative estimate of drug-likeness (QED) is 0.772. The Kier molecular flexibility index (Phi) is 4.24. The van der Waals surface area contributed by atoms with Crippen molar-refractivity contribution in [1.29, 1.82) is 0 Å². The number of piperidine rings is 1. The molecule has 2 atom stereocenters. The zero-order valence-electron chi connectivity index (χ0n) is 13.7. The van der Waals surface area contributed by atoms with Crippen LogP contribution < -0.4 is 5.56 Å². The molecule has 0 N–H and O–H groups in total. The molecule has 3 aliphatic rings. The largest absolute Gasteiger partial charge is 0.312 e. The van der Waals surface area contributed by atoms with E-state index in [4.69, 9.17) is 0 Å². The van der Waals surface area contributed by atoms with Crippen LogP contribution >= 0.6 is 0 Å². The molecule has 0 radical (unpaired) electrons. The molecule has 4 nitrogen and oxygen atoms in total. The van der Waals surface area contributed by atoms with Crippen molar-refractivity contribution in [2.75, 3.05) is 39.3 Å². The van der Waals surface area contributed by atoms with Gasteiger partial charge in [-0.1, -0.05) is 17.9 Å². The summed E-state index contributed by atoms with van der Waals surface area (Å²) in [6, 6.07) is 5.72. The van der Waals surface area contributed by atoms with Gasteiger partial charge in [-0.2, -0.15) is 0 Å². The lowest BCUT2D eigenvalue weighted by Gasteiger charge is -2.42. The van der Waals surface area contributed by atoms with E-state index >= 15 is 0 Å². The SMILES string of the molecule is O=c1cccc2n1C[C@H]1C[C@@H]2CN(CC#CCN2CCCC2)C1. The number of rotatable bonds is 2. The second kappa shape index (κ2) is 6.51. The van der Waals surface area contributed by atoms with Crippen LogP contribution in [0.4, 0.5) is 0 Å². The molecule has 122 valence electrons. The van der Waals surface area contributed by atoms with Gasteiger partial charge in [-0.05, 0) is 44.3 Å². The number of pyridine rings is 1. The fourth-order valence-electron chi connectivity index (χ4n) is 4.40. The molecule has 4 rings (SSSR count). The van der Waals surface area contributed by atoms with E-state index in [1.807, 2.05) is 10.6 Å². The molecule has 2 fully saturated rings. The van der Waals surface area contributed by atoms with Gasteiger partial charge in [0.1, 0.15) is 0 Å². The minimum absolute atomic E-state index is 0.163. The predicted molar refractivity (Wildman–Crippen MR) is 91.4 cm³/mol. The highest BCUT2D eigenvalue weighted by atomic mass is 16.1. The molecule has 0 spiro atoms. The molecule has 3 aliphatic heterocycles. The third kappa shape index (κ3) is 3.22. The van der Waals surface area contributed by atoms with E-state index in [1.165, 1.54) is 38.0 Å². The number of likely N-dealkylation sites (tertiary alicyclic amines) is 2. The third-order valence-electron chi connectivity index (χ3n) is 5.48. The first kappa shape index (κ1) is 15.0. The topological polar surface area (TPSA) is 28.5 Å². The van der Waals surface area contributed by atoms with Crippen molar-refractivity contribution in [3.8, 4) is 11.8 Å². The van der Waals surface area contributed by atoms with Gasteiger partial charge < -0.3 is 4.57 Å². The monoisotopic (exact) mass is 311 g/mol. The molecule has 0 aliphatic carbocycles. The van der Waals surface area contributed by atoms with Crippen LogP contribution in [0.2, 0.25) is 0 Å². The molecule has 0 unspecified atom stereocenters. The Labute approximate surface area is 138 Å². The smallest absolute Gasteiger partial charge is 0.250 e. The number of nitrogens with zero attached hydrogens (tertiary/aromatic N) is 3. The van der Waals surface area contributed by atoms with Crippen LogP contribution in [0.25, 0.3) is 0 Å². The summed E-state index contributed by atoms with van der Waals surface area (Å²) in [5.74, 6) is 7.82. The Morgan fingerprint density at radius 1 is 1.00 bits per heavy atom. The summed E-state index contributed by atoms with van der Waals surface area (Å²) < 4.78 is 2.00. The molecule has 0 aromatic carbocycles. The Balaban J connectivity index is 1.38. The molecular formula is C19H25N3O. The van der Waals surface area contributed by atoms with Crippen LogP contribution in [-0.4, -0.2) is 53.6 Å². The fraction of sp³-hybridized carbons (Fsp3) is 0.632. The molecule has 0 saturated carbocycles. The van der Waals surface area contributed by atoms with E-state index in [-0.39, 0.29) is 5.56 Å². The molecule has 23 heavy (non-hydrogen) atoms. The van der Waals surface area contributed by atoms with Crippen LogP contribution in [0.3, 0.4) is 0 Å². The van der Waals surface area contributed by atoms with Crippen molar-refractivity contribution in [2.24, 2.45) is 5.92 Å². The maximum atomic E-state index is 12.0. The number of fused-ring (bicyclic) bond motifs is 4. The molecule has 1 aromatic rings. The summed E-state index contributed by atoms with van der Waals surface area (Å²) in [7, 11) is 0. The van der Waals surface area contributed by atoms with Crippen molar-refractivity contribution < 1.29 is 0 Å². The van der Waals surface area contributed by atoms with E-state index in [1.54, 1.807) is 6.07 Å². The highest BCUT2D eigenvalue weighted by Gasteiger charge is 2.33. The second-order valence-electron chi connectivity index (χ2n) is 7.23. The first-order valence-corrected chi connectivity index (χ1v) is 8.90. The van der Waals surface area contributed by atoms with Crippen molar-refractivity contribution >= 4 is 0 Å². The van der Waals surface area contributed by atoms with Gasteiger partial charge in [-0.3, -0.25) is 14.6 Å². The number of hydrogen-bond acceptors (Lipinski definition) is 3. The van der Waals surface area contributed by atoms with Gasteiger partial charge in [0, 0.05) is 37.3 Å². The third-order valence-corrected chi connectivity index (χ3v) is 5.48. The number of aromatic nitrogens is 1. The van der Waals surface area contributed by atoms with Gasteiger partial charge in [0.25, 0.3) is 5.56 Å². The molecule has 0 amide bonds. The first-order chi connectivity index (χ1) is 11.3. The van der Waals surface area contributed by atoms with Crippen molar-refractivity contribution in [3.05, 3.63) is 34.2 Å². The van der Waals surface area contributed by atoms with Gasteiger partial charge in [0.05, 0.1) is 13.1 Å². The summed E-state index contributed by atoms with van der Waals surface area (Å²) in [6.07, 6.45) is 3.88. The summed E-state index contributed by atoms with van der Waals surface area (Å²) in [5, 5.41) is 0. The maximum absolute atomic E-state index is 12.0. The van der Waals surface area contributed by atoms with E-state index in [2.05, 4.69) is 27.7 Å². The van der Waals surface area contributed by atoms with Gasteiger partial charge in [0.2, 0.25) is 0 Å². The Morgan fingerprint density at radius 3 is 2.61 bits per heavy atom. The lowest BCUT2D eigenvalue weighted by molar-refractivity contribution is 0.133. The summed E-state index contributed by atoms with van der Waals surface area (Å²) >= 11 is 0. The van der Waals surface area contributed by atoms with Crippen LogP contribution in [0.1, 0.15) is 30.9 Å². The zero-order valence-corrected chi connectivity index (χ0v) is 13.7. The van der Waals surface area contributed by atoms with E-state index in [0.717, 1.165) is 32.7 Å². The summed E-state index contributed by atoms with van der Waals surface area (Å²) in [6.45, 7) is 7.23. The molecule has 2 saturated heterocycles. The van der Waals surface area contributed by atoms with Gasteiger partial charge in [-0.15, -0.1) is 0 Å². The van der Waals surface area contributed by atoms with Crippen LogP contribution in [0, 0.1) is 17.8 Å². The van der Waals surface area contributed by atoms with Crippen LogP contribution in [0.5, 0.6) is 0 Å². The first-order valence-electron chi connectivity index (χ1n) is 8.90. The minimum Gasteiger partial charge on any atom is -0.312 e. The summed E-state index contributed by atoms with van der Waals surface area (Å²) in [5.41, 5.74) is 1.39. The van der Waals surface area contributed by atoms with Gasteiger partial charge >= 0.3 is 0 Å². The molecule has 1 aromatic heterocycles. The van der Waals surface area contributed by atoms with Crippen molar-refractivity contribution in [2.45, 2.75) is 31.7 Å². The minimum atomic E-state index is 0.163. The summed E-state index contributed by atoms with van der Waals surface area (Å²) in [4.78, 5) is 17.0. The normalized spacial score (nSPS) is 27.3. The van der Waals surface area contributed by atoms with Crippen molar-refractivity contribution in [1.82, 2.24) is 14.4 Å². The van der Waals surface area contributed by atoms with E-state index in [0.29, 0.717) is 11.8 Å². The highest BCUT2D eigenvalue weighted by Crippen LogP contribution is 2.34. The van der Waals surface area contributed by atoms with Gasteiger partial charge in [0.15, 0.2) is 0 Å². The molecule has 4 heteroatoms. The maximum Gasteiger partial charge on any atom is 0.250 e. The van der Waals surface area contributed by atoms with E-state index < -0.39 is 0 Å². The average molecular weight is 311 g/mol. The molecular weight excluding hydrogens is 286 g/mol. The fourth-order valence-corrected chi connectivity index (χ4v) is 4.40. The Bertz CT molecular complexity index is 678. The average Bonchev–Trinajstić information content (AvgIpc) is 3.06. The van der Waals surface area contributed by atoms with E-state index in [9.17, 15) is 4.79 Å². The predicted octanol–water partition coefficient (Wildman–Crippen LogP) is 1.37. The Morgan fingerprint density at radius 2 is 1.78 bits per heavy atom. The zero-order chi connectivity index (χ0) is 15.6. The standard InChI is InChI=1S/C19H25N3O/c23-19-7-5-6-18-17-12-16(14-22(18)19)13-21(15-17)11-4-3-10-20-8-1-2-9-20/h5-7,16-17H,1-2,8-15H2/t16-,17+/m0/s1. The second-order valence-corrected chi connectivity index (χ2v) is 7.23. The molecule has 4 heterocycles. The lowest BCUT2D eigenvalue weighted by atomic mass is 9.83. The highest BCUT2D eigenvalue weighted by molar-refractivity contribution is 5.17. The van der Waals surface area contributed by atoms with Gasteiger partial charge in [-0.25, -0.2) is 0 Å². The van der Waals surface area contributed by atoms with Crippen molar-refractivity contribution in [3.63, 3.8) is 0 Å². The van der Waals surface area contributed by atoms with Crippen LogP contribution in [0.15, 0.2) is 23.0 Å². The number of hydrogen-bond donors (Lipinski definition) is 0. The Hall–Kier alpha value is -1.57. The van der Waals surface area contributed by atoms with Crippen LogP contribution in [-0.2, 0) is 6.54 Å². The molecule has 2 bridgehead atoms.